The molecule has 1 amide bonds. The minimum absolute atomic E-state index is 0.0825. The van der Waals surface area contributed by atoms with Gasteiger partial charge in [0.05, 0.1) is 11.0 Å². The van der Waals surface area contributed by atoms with Crippen molar-refractivity contribution in [2.24, 2.45) is 5.92 Å². The van der Waals surface area contributed by atoms with E-state index in [1.807, 2.05) is 24.3 Å². The van der Waals surface area contributed by atoms with Gasteiger partial charge in [0.1, 0.15) is 6.33 Å². The molecule has 1 unspecified atom stereocenters. The number of aromatic nitrogens is 2. The van der Waals surface area contributed by atoms with Gasteiger partial charge in [-0.05, 0) is 25.0 Å². The molecule has 1 atom stereocenters. The second-order valence-corrected chi connectivity index (χ2v) is 4.83. The van der Waals surface area contributed by atoms with Crippen molar-refractivity contribution < 1.29 is 4.79 Å². The molecule has 0 saturated carbocycles. The first-order chi connectivity index (χ1) is 9.26. The Morgan fingerprint density at radius 1 is 1.37 bits per heavy atom. The summed E-state index contributed by atoms with van der Waals surface area (Å²) in [6, 6.07) is 7.78. The first-order valence-corrected chi connectivity index (χ1v) is 6.99. The molecular formula is C15H21N3O. The Balaban J connectivity index is 2.09. The number of hydrogen-bond acceptors (Lipinski definition) is 2. The lowest BCUT2D eigenvalue weighted by Crippen LogP contribution is -2.28. The molecule has 0 saturated heterocycles. The molecule has 1 aromatic carbocycles. The Morgan fingerprint density at radius 2 is 2.16 bits per heavy atom. The lowest BCUT2D eigenvalue weighted by Gasteiger charge is -2.15. The van der Waals surface area contributed by atoms with Crippen LogP contribution in [0.3, 0.4) is 0 Å². The number of hydrogen-bond donors (Lipinski definition) is 1. The van der Waals surface area contributed by atoms with Crippen LogP contribution in [0.2, 0.25) is 0 Å². The summed E-state index contributed by atoms with van der Waals surface area (Å²) in [5, 5.41) is 0. The predicted octanol–water partition coefficient (Wildman–Crippen LogP) is 3.32. The van der Waals surface area contributed by atoms with Crippen LogP contribution in [0, 0.1) is 5.92 Å². The molecule has 4 nitrogen and oxygen atoms in total. The fourth-order valence-corrected chi connectivity index (χ4v) is 2.23. The summed E-state index contributed by atoms with van der Waals surface area (Å²) in [6.07, 6.45) is 5.70. The number of rotatable bonds is 6. The number of para-hydroxylation sites is 2. The minimum Gasteiger partial charge on any atom is -0.273 e. The van der Waals surface area contributed by atoms with Crippen LogP contribution in [0.15, 0.2) is 30.6 Å². The molecule has 2 aromatic rings. The van der Waals surface area contributed by atoms with E-state index in [0.29, 0.717) is 0 Å². The third-order valence-electron chi connectivity index (χ3n) is 3.45. The maximum Gasteiger partial charge on any atom is 0.241 e. The van der Waals surface area contributed by atoms with Gasteiger partial charge in [0.15, 0.2) is 0 Å². The molecule has 0 fully saturated rings. The highest BCUT2D eigenvalue weighted by molar-refractivity contribution is 5.88. The van der Waals surface area contributed by atoms with Gasteiger partial charge in [-0.1, -0.05) is 38.8 Å². The molecule has 1 N–H and O–H groups in total. The molecule has 0 radical (unpaired) electrons. The van der Waals surface area contributed by atoms with Gasteiger partial charge in [-0.2, -0.15) is 0 Å². The van der Waals surface area contributed by atoms with Crippen molar-refractivity contribution in [1.82, 2.24) is 9.66 Å². The van der Waals surface area contributed by atoms with Gasteiger partial charge in [-0.25, -0.2) is 9.66 Å². The second kappa shape index (κ2) is 6.36. The van der Waals surface area contributed by atoms with Crippen LogP contribution in [0.1, 0.15) is 39.5 Å². The molecule has 19 heavy (non-hydrogen) atoms. The number of amides is 1. The van der Waals surface area contributed by atoms with E-state index >= 15 is 0 Å². The second-order valence-electron chi connectivity index (χ2n) is 4.83. The van der Waals surface area contributed by atoms with E-state index in [2.05, 4.69) is 24.3 Å². The first kappa shape index (κ1) is 13.6. The van der Waals surface area contributed by atoms with Gasteiger partial charge in [-0.15, -0.1) is 0 Å². The van der Waals surface area contributed by atoms with Crippen molar-refractivity contribution in [3.05, 3.63) is 30.6 Å². The van der Waals surface area contributed by atoms with Crippen LogP contribution in [-0.2, 0) is 4.79 Å². The van der Waals surface area contributed by atoms with Crippen molar-refractivity contribution >= 4 is 16.9 Å². The van der Waals surface area contributed by atoms with E-state index in [9.17, 15) is 4.79 Å². The largest absolute Gasteiger partial charge is 0.273 e. The molecule has 0 bridgehead atoms. The molecule has 4 heteroatoms. The normalized spacial score (nSPS) is 12.5. The summed E-state index contributed by atoms with van der Waals surface area (Å²) in [5.41, 5.74) is 4.76. The molecule has 0 spiro atoms. The van der Waals surface area contributed by atoms with E-state index in [0.717, 1.165) is 36.7 Å². The lowest BCUT2D eigenvalue weighted by molar-refractivity contribution is -0.121. The Morgan fingerprint density at radius 3 is 2.89 bits per heavy atom. The SMILES string of the molecule is CCCCC(CC)C(=O)Nn1cnc2ccccc21. The smallest absolute Gasteiger partial charge is 0.241 e. The minimum atomic E-state index is 0.0825. The van der Waals surface area contributed by atoms with Crippen molar-refractivity contribution in [1.29, 1.82) is 0 Å². The monoisotopic (exact) mass is 259 g/mol. The third-order valence-corrected chi connectivity index (χ3v) is 3.45. The summed E-state index contributed by atoms with van der Waals surface area (Å²) in [4.78, 5) is 16.5. The number of nitrogens with zero attached hydrogens (tertiary/aromatic N) is 2. The molecule has 2 rings (SSSR count). The molecule has 1 heterocycles. The number of benzene rings is 1. The van der Waals surface area contributed by atoms with Crippen molar-refractivity contribution in [2.75, 3.05) is 5.43 Å². The van der Waals surface area contributed by atoms with Crippen molar-refractivity contribution in [2.45, 2.75) is 39.5 Å². The number of unbranched alkanes of at least 4 members (excludes halogenated alkanes) is 1. The highest BCUT2D eigenvalue weighted by Crippen LogP contribution is 2.15. The van der Waals surface area contributed by atoms with Gasteiger partial charge in [0.2, 0.25) is 5.91 Å². The molecule has 0 aliphatic rings. The van der Waals surface area contributed by atoms with Crippen LogP contribution >= 0.6 is 0 Å². The summed E-state index contributed by atoms with van der Waals surface area (Å²) < 4.78 is 1.71. The van der Waals surface area contributed by atoms with Gasteiger partial charge in [0.25, 0.3) is 0 Å². The maximum atomic E-state index is 12.2. The average Bonchev–Trinajstić information content (AvgIpc) is 2.83. The fraction of sp³-hybridized carbons (Fsp3) is 0.467. The van der Waals surface area contributed by atoms with E-state index in [-0.39, 0.29) is 11.8 Å². The van der Waals surface area contributed by atoms with E-state index in [4.69, 9.17) is 0 Å². The zero-order chi connectivity index (χ0) is 13.7. The van der Waals surface area contributed by atoms with E-state index in [1.165, 1.54) is 0 Å². The Bertz CT molecular complexity index is 547. The number of carbonyl (C=O) groups excluding carboxylic acids is 1. The number of fused-ring (bicyclic) bond motifs is 1. The van der Waals surface area contributed by atoms with Crippen LogP contribution < -0.4 is 5.43 Å². The number of imidazole rings is 1. The third kappa shape index (κ3) is 3.13. The Kier molecular flexibility index (Phi) is 4.55. The average molecular weight is 259 g/mol. The quantitative estimate of drug-likeness (QED) is 0.865. The van der Waals surface area contributed by atoms with Crippen LogP contribution in [0.5, 0.6) is 0 Å². The van der Waals surface area contributed by atoms with Crippen LogP contribution in [0.4, 0.5) is 0 Å². The lowest BCUT2D eigenvalue weighted by atomic mass is 9.99. The highest BCUT2D eigenvalue weighted by atomic mass is 16.2. The Labute approximate surface area is 113 Å². The van der Waals surface area contributed by atoms with Gasteiger partial charge in [0, 0.05) is 5.92 Å². The molecule has 0 aliphatic carbocycles. The van der Waals surface area contributed by atoms with Crippen LogP contribution in [0.25, 0.3) is 11.0 Å². The predicted molar refractivity (Wildman–Crippen MR) is 77.4 cm³/mol. The molecule has 102 valence electrons. The van der Waals surface area contributed by atoms with Gasteiger partial charge in [-0.3, -0.25) is 10.2 Å². The highest BCUT2D eigenvalue weighted by Gasteiger charge is 2.16. The van der Waals surface area contributed by atoms with Crippen molar-refractivity contribution in [3.8, 4) is 0 Å². The standard InChI is InChI=1S/C15H21N3O/c1-3-5-8-12(4-2)15(19)17-18-11-16-13-9-6-7-10-14(13)18/h6-7,9-12H,3-5,8H2,1-2H3,(H,17,19). The van der Waals surface area contributed by atoms with Crippen LogP contribution in [-0.4, -0.2) is 15.6 Å². The topological polar surface area (TPSA) is 46.9 Å². The zero-order valence-corrected chi connectivity index (χ0v) is 11.6. The van der Waals surface area contributed by atoms with Gasteiger partial charge < -0.3 is 0 Å². The summed E-state index contributed by atoms with van der Waals surface area (Å²) >= 11 is 0. The van der Waals surface area contributed by atoms with Gasteiger partial charge >= 0.3 is 0 Å². The molecular weight excluding hydrogens is 238 g/mol. The van der Waals surface area contributed by atoms with Crippen molar-refractivity contribution in [3.63, 3.8) is 0 Å². The summed E-state index contributed by atoms with van der Waals surface area (Å²) in [6.45, 7) is 4.21. The fourth-order valence-electron chi connectivity index (χ4n) is 2.23. The summed E-state index contributed by atoms with van der Waals surface area (Å²) in [5.74, 6) is 0.167. The first-order valence-electron chi connectivity index (χ1n) is 6.99. The maximum absolute atomic E-state index is 12.2. The summed E-state index contributed by atoms with van der Waals surface area (Å²) in [7, 11) is 0. The zero-order valence-electron chi connectivity index (χ0n) is 11.6. The number of nitrogens with one attached hydrogen (secondary N) is 1. The number of carbonyl (C=O) groups is 1. The molecule has 1 aromatic heterocycles. The van der Waals surface area contributed by atoms with E-state index in [1.54, 1.807) is 11.0 Å². The molecule has 0 aliphatic heterocycles. The van der Waals surface area contributed by atoms with E-state index < -0.39 is 0 Å². The Hall–Kier alpha value is -1.84.